The minimum Gasteiger partial charge on any atom is -0.481 e. The van der Waals surface area contributed by atoms with Crippen molar-refractivity contribution in [3.63, 3.8) is 0 Å². The number of hydrogen-bond donors (Lipinski definition) is 1. The molecule has 4 aliphatic carbocycles. The number of nitro groups is 1. The largest absolute Gasteiger partial charge is 0.481 e. The summed E-state index contributed by atoms with van der Waals surface area (Å²) in [7, 11) is 0. The van der Waals surface area contributed by atoms with E-state index in [-0.39, 0.29) is 11.2 Å². The van der Waals surface area contributed by atoms with Gasteiger partial charge < -0.3 is 5.11 Å². The topological polar surface area (TPSA) is 98.3 Å². The van der Waals surface area contributed by atoms with Crippen LogP contribution in [0.25, 0.3) is 0 Å². The molecule has 4 fully saturated rings. The quantitative estimate of drug-likeness (QED) is 0.679. The molecule has 112 valence electrons. The summed E-state index contributed by atoms with van der Waals surface area (Å²) in [5.41, 5.74) is -1.00. The lowest BCUT2D eigenvalue weighted by Crippen LogP contribution is -2.59. The Morgan fingerprint density at radius 2 is 2.05 bits per heavy atom. The highest BCUT2D eigenvalue weighted by Gasteiger charge is 2.62. The molecule has 4 aliphatic rings. The summed E-state index contributed by atoms with van der Waals surface area (Å²) in [4.78, 5) is 22.2. The van der Waals surface area contributed by atoms with Crippen LogP contribution in [0.5, 0.6) is 0 Å². The summed E-state index contributed by atoms with van der Waals surface area (Å²) in [5, 5.41) is 24.8. The van der Waals surface area contributed by atoms with E-state index in [0.717, 1.165) is 32.1 Å². The van der Waals surface area contributed by atoms with E-state index in [9.17, 15) is 20.0 Å². The number of rotatable bonds is 3. The van der Waals surface area contributed by atoms with Crippen LogP contribution in [0.15, 0.2) is 12.4 Å². The Balaban J connectivity index is 1.76. The minimum atomic E-state index is -0.706. The van der Waals surface area contributed by atoms with Gasteiger partial charge in [0.25, 0.3) is 0 Å². The van der Waals surface area contributed by atoms with Crippen molar-refractivity contribution in [2.24, 2.45) is 17.3 Å². The van der Waals surface area contributed by atoms with Gasteiger partial charge in [-0.1, -0.05) is 0 Å². The van der Waals surface area contributed by atoms with E-state index in [0.29, 0.717) is 18.3 Å². The van der Waals surface area contributed by atoms with Crippen LogP contribution in [0.2, 0.25) is 0 Å². The van der Waals surface area contributed by atoms with Gasteiger partial charge in [0.15, 0.2) is 0 Å². The van der Waals surface area contributed by atoms with E-state index in [1.165, 1.54) is 12.4 Å². The summed E-state index contributed by atoms with van der Waals surface area (Å²) < 4.78 is 1.69. The molecule has 7 nitrogen and oxygen atoms in total. The SMILES string of the molecule is O=C(O)C12C[C@H]3C[C@@H](C1)CC(n1cc([N+](=O)[O-])cn1)(C3)C2. The molecule has 21 heavy (non-hydrogen) atoms. The maximum atomic E-state index is 11.8. The van der Waals surface area contributed by atoms with Crippen LogP contribution < -0.4 is 0 Å². The van der Waals surface area contributed by atoms with Crippen LogP contribution >= 0.6 is 0 Å². The fraction of sp³-hybridized carbons (Fsp3) is 0.714. The molecule has 0 aromatic carbocycles. The van der Waals surface area contributed by atoms with E-state index in [1.807, 2.05) is 0 Å². The Kier molecular flexibility index (Phi) is 2.34. The first-order valence-corrected chi connectivity index (χ1v) is 7.35. The summed E-state index contributed by atoms with van der Waals surface area (Å²) in [5.74, 6) is 0.110. The molecule has 4 saturated carbocycles. The molecule has 2 unspecified atom stereocenters. The molecule has 1 aromatic heterocycles. The highest BCUT2D eigenvalue weighted by atomic mass is 16.6. The molecule has 0 aliphatic heterocycles. The predicted octanol–water partition coefficient (Wildman–Crippen LogP) is 2.17. The lowest BCUT2D eigenvalue weighted by Gasteiger charge is -2.60. The maximum Gasteiger partial charge on any atom is 0.309 e. The van der Waals surface area contributed by atoms with Gasteiger partial charge in [-0.2, -0.15) is 5.10 Å². The van der Waals surface area contributed by atoms with Gasteiger partial charge in [-0.3, -0.25) is 19.6 Å². The fourth-order valence-corrected chi connectivity index (χ4v) is 5.40. The molecular formula is C14H17N3O4. The van der Waals surface area contributed by atoms with Gasteiger partial charge in [-0.15, -0.1) is 0 Å². The number of hydrogen-bond acceptors (Lipinski definition) is 4. The molecule has 1 aromatic rings. The first-order chi connectivity index (χ1) is 9.92. The molecule has 0 spiro atoms. The first kappa shape index (κ1) is 12.8. The van der Waals surface area contributed by atoms with Gasteiger partial charge in [0.2, 0.25) is 0 Å². The van der Waals surface area contributed by atoms with Crippen molar-refractivity contribution in [1.82, 2.24) is 9.78 Å². The van der Waals surface area contributed by atoms with Crippen LogP contribution in [0.4, 0.5) is 5.69 Å². The van der Waals surface area contributed by atoms with Crippen LogP contribution in [-0.2, 0) is 10.3 Å². The number of aliphatic carboxylic acids is 1. The van der Waals surface area contributed by atoms with Crippen LogP contribution in [0, 0.1) is 27.4 Å². The average Bonchev–Trinajstić information content (AvgIpc) is 2.87. The third kappa shape index (κ3) is 1.66. The van der Waals surface area contributed by atoms with Crippen molar-refractivity contribution in [1.29, 1.82) is 0 Å². The summed E-state index contributed by atoms with van der Waals surface area (Å²) >= 11 is 0. The normalized spacial score (nSPS) is 40.4. The molecule has 5 rings (SSSR count). The number of carboxylic acid groups (broad SMARTS) is 1. The maximum absolute atomic E-state index is 11.8. The first-order valence-electron chi connectivity index (χ1n) is 7.35. The van der Waals surface area contributed by atoms with Crippen molar-refractivity contribution in [2.45, 2.75) is 44.1 Å². The third-order valence-electron chi connectivity index (χ3n) is 5.75. The van der Waals surface area contributed by atoms with Crippen molar-refractivity contribution in [3.8, 4) is 0 Å². The number of nitrogens with zero attached hydrogens (tertiary/aromatic N) is 3. The molecule has 1 heterocycles. The Bertz CT molecular complexity index is 624. The summed E-state index contributed by atoms with van der Waals surface area (Å²) in [6, 6.07) is 0. The smallest absolute Gasteiger partial charge is 0.309 e. The van der Waals surface area contributed by atoms with Gasteiger partial charge in [-0.25, -0.2) is 0 Å². The zero-order valence-electron chi connectivity index (χ0n) is 11.6. The second-order valence-corrected chi connectivity index (χ2v) is 7.17. The monoisotopic (exact) mass is 291 g/mol. The Labute approximate surface area is 121 Å². The second kappa shape index (κ2) is 3.84. The zero-order valence-corrected chi connectivity index (χ0v) is 11.6. The molecule has 7 heteroatoms. The van der Waals surface area contributed by atoms with Gasteiger partial charge in [-0.05, 0) is 50.4 Å². The van der Waals surface area contributed by atoms with Crippen molar-refractivity contribution >= 4 is 11.7 Å². The van der Waals surface area contributed by atoms with Crippen LogP contribution in [0.1, 0.15) is 38.5 Å². The van der Waals surface area contributed by atoms with Gasteiger partial charge in [0.05, 0.1) is 15.9 Å². The average molecular weight is 291 g/mol. The van der Waals surface area contributed by atoms with E-state index in [4.69, 9.17) is 0 Å². The molecule has 1 N–H and O–H groups in total. The standard InChI is InChI=1S/C14H17N3O4/c18-12(19)13-2-9-1-10(3-13)5-14(4-9,8-13)16-7-11(6-15-16)17(20)21/h6-7,9-10H,1-5,8H2,(H,18,19)/t9-,10+,13?,14?. The Morgan fingerprint density at radius 1 is 1.38 bits per heavy atom. The predicted molar refractivity (Wildman–Crippen MR) is 71.6 cm³/mol. The Morgan fingerprint density at radius 3 is 2.57 bits per heavy atom. The highest BCUT2D eigenvalue weighted by molar-refractivity contribution is 5.75. The molecule has 0 radical (unpaired) electrons. The number of aromatic nitrogens is 2. The number of carboxylic acids is 1. The molecular weight excluding hydrogens is 274 g/mol. The van der Waals surface area contributed by atoms with E-state index in [2.05, 4.69) is 5.10 Å². The summed E-state index contributed by atoms with van der Waals surface area (Å²) in [6.45, 7) is 0. The fourth-order valence-electron chi connectivity index (χ4n) is 5.40. The third-order valence-corrected chi connectivity index (χ3v) is 5.75. The second-order valence-electron chi connectivity index (χ2n) is 7.17. The Hall–Kier alpha value is -1.92. The van der Waals surface area contributed by atoms with E-state index in [1.54, 1.807) is 4.68 Å². The van der Waals surface area contributed by atoms with Gasteiger partial charge in [0, 0.05) is 0 Å². The van der Waals surface area contributed by atoms with Crippen LogP contribution in [0.3, 0.4) is 0 Å². The molecule has 0 amide bonds. The lowest BCUT2D eigenvalue weighted by atomic mass is 9.47. The van der Waals surface area contributed by atoms with Crippen molar-refractivity contribution in [3.05, 3.63) is 22.5 Å². The van der Waals surface area contributed by atoms with Crippen LogP contribution in [-0.4, -0.2) is 25.8 Å². The van der Waals surface area contributed by atoms with Crippen molar-refractivity contribution in [2.75, 3.05) is 0 Å². The minimum absolute atomic E-state index is 0.0184. The lowest BCUT2D eigenvalue weighted by molar-refractivity contribution is -0.385. The summed E-state index contributed by atoms with van der Waals surface area (Å²) in [6.07, 6.45) is 7.71. The van der Waals surface area contributed by atoms with E-state index < -0.39 is 16.3 Å². The molecule has 4 atom stereocenters. The van der Waals surface area contributed by atoms with Crippen molar-refractivity contribution < 1.29 is 14.8 Å². The molecule has 0 saturated heterocycles. The van der Waals surface area contributed by atoms with E-state index >= 15 is 0 Å². The number of carbonyl (C=O) groups is 1. The molecule has 4 bridgehead atoms. The van der Waals surface area contributed by atoms with Gasteiger partial charge in [0.1, 0.15) is 12.4 Å². The zero-order chi connectivity index (χ0) is 14.8. The highest BCUT2D eigenvalue weighted by Crippen LogP contribution is 2.64. The van der Waals surface area contributed by atoms with Gasteiger partial charge >= 0.3 is 11.7 Å².